The molecule has 0 radical (unpaired) electrons. The molecule has 0 atom stereocenters. The van der Waals surface area contributed by atoms with Gasteiger partial charge < -0.3 is 4.57 Å². The second kappa shape index (κ2) is 12.6. The number of hydrogen-bond donors (Lipinski definition) is 0. The molecule has 0 aliphatic rings. The molecule has 8 rings (SSSR count). The summed E-state index contributed by atoms with van der Waals surface area (Å²) in [6, 6.07) is 63.3. The zero-order chi connectivity index (χ0) is 34.1. The number of hydrogen-bond acceptors (Lipinski definition) is 2. The number of nitrogens with zero attached hydrogens (tertiary/aromatic N) is 4. The van der Waals surface area contributed by atoms with E-state index in [-0.39, 0.29) is 0 Å². The van der Waals surface area contributed by atoms with Crippen molar-refractivity contribution in [2.75, 3.05) is 0 Å². The van der Waals surface area contributed by atoms with Crippen molar-refractivity contribution in [2.24, 2.45) is 0 Å². The second-order valence-corrected chi connectivity index (χ2v) is 16.1. The van der Waals surface area contributed by atoms with Crippen LogP contribution in [-0.2, 0) is 0 Å². The van der Waals surface area contributed by atoms with E-state index in [1.54, 1.807) is 12.1 Å². The van der Waals surface area contributed by atoms with E-state index in [0.717, 1.165) is 38.6 Å². The van der Waals surface area contributed by atoms with E-state index in [9.17, 15) is 10.5 Å². The lowest BCUT2D eigenvalue weighted by Crippen LogP contribution is -2.74. The fourth-order valence-electron chi connectivity index (χ4n) is 7.41. The third-order valence-electron chi connectivity index (χ3n) is 9.61. The Labute approximate surface area is 291 Å². The maximum Gasteiger partial charge on any atom is 0.188 e. The largest absolute Gasteiger partial charge is 0.308 e. The summed E-state index contributed by atoms with van der Waals surface area (Å²) in [6.07, 6.45) is 0. The SMILES string of the molecule is [C-]#[N+]c1ccc2c(c1)c1cc(C#N)ccc1n2-c1ccc(-c2cccc([Si](c3ccccc3)(c3ccccc3)c3ccccc3)c2)cc1C#N. The molecule has 0 aliphatic carbocycles. The lowest BCUT2D eigenvalue weighted by Gasteiger charge is -2.34. The Morgan fingerprint density at radius 2 is 1.06 bits per heavy atom. The van der Waals surface area contributed by atoms with Crippen LogP contribution in [0.3, 0.4) is 0 Å². The van der Waals surface area contributed by atoms with E-state index in [2.05, 4.69) is 143 Å². The molecule has 0 saturated heterocycles. The Morgan fingerprint density at radius 3 is 1.64 bits per heavy atom. The Kier molecular flexibility index (Phi) is 7.63. The normalized spacial score (nSPS) is 11.1. The standard InChI is InChI=1S/C45H28N4Si/c1-48-36-22-25-45-42(29-36)41-26-32(30-46)20-23-44(41)49(45)43-24-21-34(27-35(43)31-47)33-12-11-19-40(28-33)50(37-13-5-2-6-14-37,38-15-7-3-8-16-38)39-17-9-4-10-18-39/h2-29H. The molecule has 5 heteroatoms. The number of fused-ring (bicyclic) bond motifs is 3. The van der Waals surface area contributed by atoms with Gasteiger partial charge in [0.05, 0.1) is 40.5 Å². The molecule has 4 nitrogen and oxygen atoms in total. The average molecular weight is 653 g/mol. The van der Waals surface area contributed by atoms with Crippen molar-refractivity contribution in [1.29, 1.82) is 10.5 Å². The first-order chi connectivity index (χ1) is 24.6. The van der Waals surface area contributed by atoms with Crippen LogP contribution in [0.1, 0.15) is 11.1 Å². The van der Waals surface area contributed by atoms with Crippen molar-refractivity contribution in [3.05, 3.63) is 192 Å². The zero-order valence-electron chi connectivity index (χ0n) is 27.0. The molecule has 7 aromatic carbocycles. The molecule has 8 aromatic rings. The van der Waals surface area contributed by atoms with E-state index >= 15 is 0 Å². The molecule has 50 heavy (non-hydrogen) atoms. The minimum Gasteiger partial charge on any atom is -0.308 e. The summed E-state index contributed by atoms with van der Waals surface area (Å²) in [6.45, 7) is 7.57. The number of benzene rings is 7. The van der Waals surface area contributed by atoms with E-state index in [4.69, 9.17) is 6.57 Å². The first-order valence-corrected chi connectivity index (χ1v) is 18.3. The molecule has 232 valence electrons. The second-order valence-electron chi connectivity index (χ2n) is 12.3. The minimum atomic E-state index is -2.73. The first kappa shape index (κ1) is 30.4. The minimum absolute atomic E-state index is 0.524. The predicted octanol–water partition coefficient (Wildman–Crippen LogP) is 8.12. The topological polar surface area (TPSA) is 56.9 Å². The van der Waals surface area contributed by atoms with Crippen molar-refractivity contribution >= 4 is 56.3 Å². The molecule has 0 bridgehead atoms. The average Bonchev–Trinajstić information content (AvgIpc) is 3.52. The molecule has 1 aromatic heterocycles. The van der Waals surface area contributed by atoms with Crippen LogP contribution in [0.2, 0.25) is 0 Å². The molecule has 0 spiro atoms. The van der Waals surface area contributed by atoms with Gasteiger partial charge in [0.15, 0.2) is 13.8 Å². The summed E-state index contributed by atoms with van der Waals surface area (Å²) in [5.74, 6) is 0. The van der Waals surface area contributed by atoms with Crippen LogP contribution in [-0.4, -0.2) is 12.6 Å². The highest BCUT2D eigenvalue weighted by atomic mass is 28.3. The highest BCUT2D eigenvalue weighted by Crippen LogP contribution is 2.36. The van der Waals surface area contributed by atoms with Gasteiger partial charge in [-0.25, -0.2) is 4.85 Å². The monoisotopic (exact) mass is 652 g/mol. The van der Waals surface area contributed by atoms with Gasteiger partial charge in [-0.2, -0.15) is 10.5 Å². The number of rotatable bonds is 6. The van der Waals surface area contributed by atoms with Crippen molar-refractivity contribution in [2.45, 2.75) is 0 Å². The Bertz CT molecular complexity index is 2510. The lowest BCUT2D eigenvalue weighted by atomic mass is 10.0. The molecule has 0 amide bonds. The van der Waals surface area contributed by atoms with E-state index in [1.165, 1.54) is 20.7 Å². The maximum atomic E-state index is 10.6. The van der Waals surface area contributed by atoms with Crippen LogP contribution in [0.5, 0.6) is 0 Å². The van der Waals surface area contributed by atoms with Crippen LogP contribution >= 0.6 is 0 Å². The van der Waals surface area contributed by atoms with E-state index < -0.39 is 8.07 Å². The van der Waals surface area contributed by atoms with E-state index in [1.807, 2.05) is 36.4 Å². The van der Waals surface area contributed by atoms with Crippen LogP contribution in [0.4, 0.5) is 5.69 Å². The summed E-state index contributed by atoms with van der Waals surface area (Å²) in [4.78, 5) is 3.64. The van der Waals surface area contributed by atoms with Gasteiger partial charge in [-0.3, -0.25) is 0 Å². The van der Waals surface area contributed by atoms with Crippen LogP contribution in [0, 0.1) is 29.2 Å². The summed E-state index contributed by atoms with van der Waals surface area (Å²) in [5, 5.41) is 27.1. The molecule has 0 N–H and O–H groups in total. The van der Waals surface area contributed by atoms with Gasteiger partial charge in [-0.05, 0) is 79.7 Å². The summed E-state index contributed by atoms with van der Waals surface area (Å²) < 4.78 is 2.07. The predicted molar refractivity (Wildman–Crippen MR) is 206 cm³/mol. The quantitative estimate of drug-likeness (QED) is 0.104. The Hall–Kier alpha value is -6.97. The molecule has 1 heterocycles. The van der Waals surface area contributed by atoms with Crippen molar-refractivity contribution in [1.82, 2.24) is 4.57 Å². The lowest BCUT2D eigenvalue weighted by molar-refractivity contribution is 1.17. The highest BCUT2D eigenvalue weighted by molar-refractivity contribution is 7.19. The fraction of sp³-hybridized carbons (Fsp3) is 0. The van der Waals surface area contributed by atoms with Crippen LogP contribution in [0.25, 0.3) is 43.5 Å². The van der Waals surface area contributed by atoms with Gasteiger partial charge in [0, 0.05) is 5.39 Å². The fourth-order valence-corrected chi connectivity index (χ4v) is 12.2. The summed E-state index contributed by atoms with van der Waals surface area (Å²) >= 11 is 0. The third-order valence-corrected chi connectivity index (χ3v) is 14.4. The molecule has 0 saturated carbocycles. The van der Waals surface area contributed by atoms with Gasteiger partial charge in [0.1, 0.15) is 6.07 Å². The Morgan fingerprint density at radius 1 is 0.500 bits per heavy atom. The van der Waals surface area contributed by atoms with Gasteiger partial charge >= 0.3 is 0 Å². The molecular formula is C45H28N4Si. The molecular weight excluding hydrogens is 625 g/mol. The van der Waals surface area contributed by atoms with Gasteiger partial charge in [-0.15, -0.1) is 0 Å². The highest BCUT2D eigenvalue weighted by Gasteiger charge is 2.41. The number of nitriles is 2. The van der Waals surface area contributed by atoms with Gasteiger partial charge in [-0.1, -0.05) is 127 Å². The van der Waals surface area contributed by atoms with Crippen molar-refractivity contribution < 1.29 is 0 Å². The van der Waals surface area contributed by atoms with E-state index in [0.29, 0.717) is 16.8 Å². The van der Waals surface area contributed by atoms with Crippen molar-refractivity contribution in [3.63, 3.8) is 0 Å². The Balaban J connectivity index is 1.33. The van der Waals surface area contributed by atoms with Crippen molar-refractivity contribution in [3.8, 4) is 29.0 Å². The summed E-state index contributed by atoms with van der Waals surface area (Å²) in [7, 11) is -2.73. The smallest absolute Gasteiger partial charge is 0.188 e. The van der Waals surface area contributed by atoms with Crippen LogP contribution < -0.4 is 20.7 Å². The molecule has 0 aliphatic heterocycles. The van der Waals surface area contributed by atoms with Gasteiger partial charge in [0.25, 0.3) is 0 Å². The molecule has 0 unspecified atom stereocenters. The third kappa shape index (κ3) is 4.88. The zero-order valence-corrected chi connectivity index (χ0v) is 28.0. The number of aromatic nitrogens is 1. The summed E-state index contributed by atoms with van der Waals surface area (Å²) in [5.41, 5.74) is 6.07. The molecule has 0 fully saturated rings. The maximum absolute atomic E-state index is 10.6. The first-order valence-electron chi connectivity index (χ1n) is 16.3. The van der Waals surface area contributed by atoms with Crippen LogP contribution in [0.15, 0.2) is 170 Å². The van der Waals surface area contributed by atoms with Gasteiger partial charge in [0.2, 0.25) is 0 Å².